The van der Waals surface area contributed by atoms with Gasteiger partial charge in [0, 0.05) is 13.0 Å². The third kappa shape index (κ3) is 3.12. The third-order valence-electron chi connectivity index (χ3n) is 4.74. The van der Waals surface area contributed by atoms with Crippen molar-refractivity contribution in [2.45, 2.75) is 38.3 Å². The molecule has 1 aliphatic rings. The van der Waals surface area contributed by atoms with Gasteiger partial charge in [0.15, 0.2) is 5.82 Å². The molecule has 0 bridgehead atoms. The summed E-state index contributed by atoms with van der Waals surface area (Å²) in [4.78, 5) is 16.0. The molecule has 1 N–H and O–H groups in total. The van der Waals surface area contributed by atoms with Gasteiger partial charge >= 0.3 is 12.1 Å². The summed E-state index contributed by atoms with van der Waals surface area (Å²) in [5.41, 5.74) is 0.160. The van der Waals surface area contributed by atoms with Crippen LogP contribution in [0.25, 0.3) is 0 Å². The summed E-state index contributed by atoms with van der Waals surface area (Å²) in [6.45, 7) is 4.18. The van der Waals surface area contributed by atoms with Gasteiger partial charge in [0.05, 0.1) is 5.41 Å². The molecule has 0 saturated heterocycles. The molecule has 25 heavy (non-hydrogen) atoms. The summed E-state index contributed by atoms with van der Waals surface area (Å²) in [5.74, 6) is -1.60. The van der Waals surface area contributed by atoms with Crippen LogP contribution < -0.4 is 5.32 Å². The van der Waals surface area contributed by atoms with Crippen molar-refractivity contribution >= 4 is 5.91 Å². The molecule has 1 aromatic carbocycles. The minimum Gasteiger partial charge on any atom is -0.355 e. The van der Waals surface area contributed by atoms with Crippen LogP contribution in [0.4, 0.5) is 13.2 Å². The molecule has 1 fully saturated rings. The number of hydrogen-bond donors (Lipinski definition) is 1. The second-order valence-corrected chi connectivity index (χ2v) is 6.85. The Kier molecular flexibility index (Phi) is 4.09. The number of benzene rings is 1. The van der Waals surface area contributed by atoms with E-state index in [9.17, 15) is 18.0 Å². The fourth-order valence-electron chi connectivity index (χ4n) is 3.26. The van der Waals surface area contributed by atoms with Gasteiger partial charge < -0.3 is 9.84 Å². The standard InChI is InChI=1S/C17H18F3N3O2/c1-15(2)10-16(15,11-6-4-3-5-7-11)13(24)21-9-8-12-22-14(25-23-12)17(18,19)20/h3-7H,8-10H2,1-2H3,(H,21,24). The maximum atomic E-state index is 12.7. The third-order valence-corrected chi connectivity index (χ3v) is 4.74. The Morgan fingerprint density at radius 3 is 2.44 bits per heavy atom. The van der Waals surface area contributed by atoms with Crippen molar-refractivity contribution in [3.63, 3.8) is 0 Å². The number of hydrogen-bond acceptors (Lipinski definition) is 4. The second kappa shape index (κ2) is 5.86. The summed E-state index contributed by atoms with van der Waals surface area (Å²) in [5, 5.41) is 6.08. The van der Waals surface area contributed by atoms with Gasteiger partial charge in [-0.05, 0) is 17.4 Å². The van der Waals surface area contributed by atoms with Gasteiger partial charge in [-0.3, -0.25) is 4.79 Å². The van der Waals surface area contributed by atoms with Crippen molar-refractivity contribution in [3.05, 3.63) is 47.6 Å². The first-order valence-electron chi connectivity index (χ1n) is 7.90. The minimum absolute atomic E-state index is 0.0661. The first-order chi connectivity index (χ1) is 11.7. The molecule has 0 aliphatic heterocycles. The lowest BCUT2D eigenvalue weighted by atomic mass is 9.87. The molecule has 1 aliphatic carbocycles. The SMILES string of the molecule is CC1(C)CC1(C(=O)NCCc1noc(C(F)(F)F)n1)c1ccccc1. The Balaban J connectivity index is 1.63. The molecule has 0 spiro atoms. The topological polar surface area (TPSA) is 68.0 Å². The van der Waals surface area contributed by atoms with Gasteiger partial charge in [-0.25, -0.2) is 0 Å². The zero-order valence-electron chi connectivity index (χ0n) is 13.9. The molecule has 134 valence electrons. The van der Waals surface area contributed by atoms with Crippen molar-refractivity contribution in [3.8, 4) is 0 Å². The van der Waals surface area contributed by atoms with E-state index < -0.39 is 17.5 Å². The van der Waals surface area contributed by atoms with Crippen LogP contribution >= 0.6 is 0 Å². The van der Waals surface area contributed by atoms with Gasteiger partial charge in [-0.1, -0.05) is 49.3 Å². The van der Waals surface area contributed by atoms with Gasteiger partial charge in [0.1, 0.15) is 0 Å². The molecule has 1 saturated carbocycles. The van der Waals surface area contributed by atoms with E-state index in [0.717, 1.165) is 12.0 Å². The molecular formula is C17H18F3N3O2. The molecule has 1 aromatic heterocycles. The van der Waals surface area contributed by atoms with Crippen LogP contribution in [0.5, 0.6) is 0 Å². The van der Waals surface area contributed by atoms with Crippen LogP contribution in [0.3, 0.4) is 0 Å². The summed E-state index contributed by atoms with van der Waals surface area (Å²) in [6, 6.07) is 9.50. The quantitative estimate of drug-likeness (QED) is 0.897. The number of nitrogens with zero attached hydrogens (tertiary/aromatic N) is 2. The van der Waals surface area contributed by atoms with E-state index in [2.05, 4.69) is 20.0 Å². The smallest absolute Gasteiger partial charge is 0.355 e. The Morgan fingerprint density at radius 2 is 1.92 bits per heavy atom. The molecule has 1 amide bonds. The van der Waals surface area contributed by atoms with E-state index in [-0.39, 0.29) is 30.1 Å². The number of rotatable bonds is 5. The van der Waals surface area contributed by atoms with Gasteiger partial charge in [-0.2, -0.15) is 18.2 Å². The van der Waals surface area contributed by atoms with E-state index >= 15 is 0 Å². The predicted molar refractivity (Wildman–Crippen MR) is 82.5 cm³/mol. The van der Waals surface area contributed by atoms with E-state index in [4.69, 9.17) is 0 Å². The van der Waals surface area contributed by atoms with Crippen molar-refractivity contribution in [1.29, 1.82) is 0 Å². The van der Waals surface area contributed by atoms with Crippen LogP contribution in [-0.4, -0.2) is 22.6 Å². The molecule has 1 heterocycles. The Labute approximate surface area is 142 Å². The first-order valence-corrected chi connectivity index (χ1v) is 7.90. The molecule has 3 rings (SSSR count). The molecule has 1 atom stereocenters. The molecule has 2 aromatic rings. The van der Waals surface area contributed by atoms with E-state index in [1.807, 2.05) is 44.2 Å². The summed E-state index contributed by atoms with van der Waals surface area (Å²) >= 11 is 0. The van der Waals surface area contributed by atoms with Gasteiger partial charge in [-0.15, -0.1) is 0 Å². The fraction of sp³-hybridized carbons (Fsp3) is 0.471. The zero-order chi connectivity index (χ0) is 18.3. The highest BCUT2D eigenvalue weighted by atomic mass is 19.4. The highest BCUT2D eigenvalue weighted by Gasteiger charge is 2.66. The molecule has 1 unspecified atom stereocenters. The van der Waals surface area contributed by atoms with Crippen molar-refractivity contribution in [1.82, 2.24) is 15.5 Å². The lowest BCUT2D eigenvalue weighted by molar-refractivity contribution is -0.159. The van der Waals surface area contributed by atoms with Crippen LogP contribution in [-0.2, 0) is 22.8 Å². The maximum absolute atomic E-state index is 12.7. The number of halogens is 3. The maximum Gasteiger partial charge on any atom is 0.471 e. The van der Waals surface area contributed by atoms with E-state index in [0.29, 0.717) is 0 Å². The summed E-state index contributed by atoms with van der Waals surface area (Å²) in [6.07, 6.45) is -3.88. The highest BCUT2D eigenvalue weighted by molar-refractivity contribution is 5.93. The van der Waals surface area contributed by atoms with Crippen LogP contribution in [0.15, 0.2) is 34.9 Å². The van der Waals surface area contributed by atoms with Crippen LogP contribution in [0, 0.1) is 5.41 Å². The Morgan fingerprint density at radius 1 is 1.28 bits per heavy atom. The Bertz CT molecular complexity index is 771. The summed E-state index contributed by atoms with van der Waals surface area (Å²) < 4.78 is 41.4. The number of alkyl halides is 3. The lowest BCUT2D eigenvalue weighted by Gasteiger charge is -2.20. The fourth-order valence-corrected chi connectivity index (χ4v) is 3.26. The Hall–Kier alpha value is -2.38. The monoisotopic (exact) mass is 353 g/mol. The number of carbonyl (C=O) groups excluding carboxylic acids is 1. The molecule has 8 heteroatoms. The van der Waals surface area contributed by atoms with E-state index in [1.54, 1.807) is 0 Å². The largest absolute Gasteiger partial charge is 0.471 e. The first kappa shape index (κ1) is 17.4. The molecular weight excluding hydrogens is 335 g/mol. The van der Waals surface area contributed by atoms with Crippen LogP contribution in [0.2, 0.25) is 0 Å². The number of carbonyl (C=O) groups is 1. The molecule has 5 nitrogen and oxygen atoms in total. The number of aromatic nitrogens is 2. The van der Waals surface area contributed by atoms with Crippen molar-refractivity contribution in [2.75, 3.05) is 6.54 Å². The number of amides is 1. The van der Waals surface area contributed by atoms with Gasteiger partial charge in [0.25, 0.3) is 0 Å². The highest BCUT2D eigenvalue weighted by Crippen LogP contribution is 2.64. The van der Waals surface area contributed by atoms with Crippen molar-refractivity contribution in [2.24, 2.45) is 5.41 Å². The predicted octanol–water partition coefficient (Wildman–Crippen LogP) is 3.12. The number of nitrogens with one attached hydrogen (secondary N) is 1. The van der Waals surface area contributed by atoms with Crippen molar-refractivity contribution < 1.29 is 22.5 Å². The average molecular weight is 353 g/mol. The van der Waals surface area contributed by atoms with E-state index in [1.165, 1.54) is 0 Å². The second-order valence-electron chi connectivity index (χ2n) is 6.85. The molecule has 0 radical (unpaired) electrons. The average Bonchev–Trinajstić information content (AvgIpc) is 2.91. The lowest BCUT2D eigenvalue weighted by Crippen LogP contribution is -2.38. The minimum atomic E-state index is -4.66. The zero-order valence-corrected chi connectivity index (χ0v) is 13.9. The van der Waals surface area contributed by atoms with Gasteiger partial charge in [0.2, 0.25) is 5.91 Å². The summed E-state index contributed by atoms with van der Waals surface area (Å²) in [7, 11) is 0. The van der Waals surface area contributed by atoms with Crippen LogP contribution in [0.1, 0.15) is 37.5 Å². The normalized spacial score (nSPS) is 21.8.